The van der Waals surface area contributed by atoms with Gasteiger partial charge in [-0.3, -0.25) is 5.73 Å². The fourth-order valence-electron chi connectivity index (χ4n) is 2.82. The molecule has 4 N–H and O–H groups in total. The Bertz CT molecular complexity index is 1270. The highest BCUT2D eigenvalue weighted by Crippen LogP contribution is 2.35. The van der Waals surface area contributed by atoms with E-state index >= 15 is 0 Å². The van der Waals surface area contributed by atoms with E-state index in [1.165, 1.54) is 22.1 Å². The molecule has 0 aliphatic heterocycles. The van der Waals surface area contributed by atoms with Crippen LogP contribution >= 0.6 is 30.8 Å². The monoisotopic (exact) mass is 495 g/mol. The molecule has 0 bridgehead atoms. The normalized spacial score (nSPS) is 11.6. The van der Waals surface area contributed by atoms with Crippen LogP contribution in [0.2, 0.25) is 5.15 Å². The summed E-state index contributed by atoms with van der Waals surface area (Å²) in [5, 5.41) is 6.64. The maximum atomic E-state index is 10.9. The van der Waals surface area contributed by atoms with Gasteiger partial charge in [0, 0.05) is 17.9 Å². The largest absolute Gasteiger partial charge is 0.472 e. The van der Waals surface area contributed by atoms with Gasteiger partial charge in [-0.2, -0.15) is 4.98 Å². The van der Waals surface area contributed by atoms with Crippen molar-refractivity contribution in [1.82, 2.24) is 10.1 Å². The summed E-state index contributed by atoms with van der Waals surface area (Å²) in [7, 11) is -4.63. The summed E-state index contributed by atoms with van der Waals surface area (Å²) in [5.41, 5.74) is 8.29. The number of phosphoric acid groups is 1. The third-order valence-corrected chi connectivity index (χ3v) is 5.76. The first kappa shape index (κ1) is 22.4. The van der Waals surface area contributed by atoms with Crippen LogP contribution in [-0.2, 0) is 22.2 Å². The fourth-order valence-corrected chi connectivity index (χ4v) is 3.90. The second-order valence-corrected chi connectivity index (χ2v) is 9.01. The summed E-state index contributed by atoms with van der Waals surface area (Å²) in [6.45, 7) is -0.410. The second-order valence-electron chi connectivity index (χ2n) is 6.57. The van der Waals surface area contributed by atoms with Crippen molar-refractivity contribution < 1.29 is 32.7 Å². The number of thiazole rings is 1. The minimum atomic E-state index is -4.63. The molecule has 166 valence electrons. The molecule has 0 radical (unpaired) electrons. The quantitative estimate of drug-likeness (QED) is 0.245. The number of nitrogens with zero attached hydrogens (tertiary/aromatic N) is 3. The first-order chi connectivity index (χ1) is 15.3. The van der Waals surface area contributed by atoms with Gasteiger partial charge in [-0.1, -0.05) is 40.2 Å². The highest BCUT2D eigenvalue weighted by Gasteiger charge is 2.20. The number of ether oxygens (including phenoxy) is 1. The first-order valence-corrected chi connectivity index (χ1v) is 11.9. The number of anilines is 1. The van der Waals surface area contributed by atoms with Crippen molar-refractivity contribution >= 4 is 36.6 Å². The first-order valence-electron chi connectivity index (χ1n) is 9.08. The van der Waals surface area contributed by atoms with Crippen LogP contribution < -0.4 is 15.0 Å². The molecule has 1 aromatic carbocycles. The van der Waals surface area contributed by atoms with Crippen molar-refractivity contribution in [1.29, 1.82) is 0 Å². The number of hydrogen-bond acceptors (Lipinski definition) is 8. The molecule has 4 rings (SSSR count). The van der Waals surface area contributed by atoms with Gasteiger partial charge >= 0.3 is 7.82 Å². The fraction of sp³-hybridized carbons (Fsp3) is 0.105. The molecule has 4 aromatic rings. The average molecular weight is 496 g/mol. The summed E-state index contributed by atoms with van der Waals surface area (Å²) >= 11 is 7.11. The molecule has 0 atom stereocenters. The predicted molar refractivity (Wildman–Crippen MR) is 116 cm³/mol. The number of rotatable bonds is 8. The number of nitrogen functional groups attached to an aromatic ring is 1. The number of aromatic nitrogens is 3. The summed E-state index contributed by atoms with van der Waals surface area (Å²) in [6, 6.07) is 12.6. The lowest BCUT2D eigenvalue weighted by Gasteiger charge is -2.07. The minimum absolute atomic E-state index is 0.215. The molecule has 32 heavy (non-hydrogen) atoms. The van der Waals surface area contributed by atoms with Crippen LogP contribution in [0.3, 0.4) is 0 Å². The van der Waals surface area contributed by atoms with Gasteiger partial charge in [-0.25, -0.2) is 13.7 Å². The van der Waals surface area contributed by atoms with Crippen LogP contribution in [0.5, 0.6) is 10.9 Å². The van der Waals surface area contributed by atoms with E-state index < -0.39 is 14.6 Å². The van der Waals surface area contributed by atoms with Crippen LogP contribution in [0.15, 0.2) is 58.6 Å². The molecule has 0 saturated carbocycles. The summed E-state index contributed by atoms with van der Waals surface area (Å²) in [4.78, 5) is 21.8. The van der Waals surface area contributed by atoms with Gasteiger partial charge in [-0.05, 0) is 29.8 Å². The molecule has 3 heterocycles. The molecule has 0 aliphatic carbocycles. The maximum absolute atomic E-state index is 10.9. The predicted octanol–water partition coefficient (Wildman–Crippen LogP) is 3.77. The minimum Gasteiger partial charge on any atom is -0.431 e. The number of hydrogen-bond donors (Lipinski definition) is 3. The highest BCUT2D eigenvalue weighted by molar-refractivity contribution is 7.46. The number of benzene rings is 1. The molecule has 0 spiro atoms. The Morgan fingerprint density at radius 2 is 2.03 bits per heavy atom. The van der Waals surface area contributed by atoms with Crippen LogP contribution in [0.25, 0.3) is 11.3 Å². The third kappa shape index (κ3) is 5.71. The Morgan fingerprint density at radius 3 is 2.72 bits per heavy atom. The van der Waals surface area contributed by atoms with Gasteiger partial charge in [0.2, 0.25) is 6.73 Å². The molecule has 0 unspecified atom stereocenters. The van der Waals surface area contributed by atoms with Gasteiger partial charge in [-0.15, -0.1) is 0 Å². The Balaban J connectivity index is 1.44. The number of pyridine rings is 1. The van der Waals surface area contributed by atoms with E-state index in [1.54, 1.807) is 23.6 Å². The van der Waals surface area contributed by atoms with E-state index in [-0.39, 0.29) is 5.82 Å². The average Bonchev–Trinajstić information content (AvgIpc) is 3.37. The third-order valence-electron chi connectivity index (χ3n) is 4.27. The molecule has 13 heteroatoms. The molecule has 10 nitrogen and oxygen atoms in total. The van der Waals surface area contributed by atoms with Crippen molar-refractivity contribution in [2.75, 3.05) is 5.73 Å². The lowest BCUT2D eigenvalue weighted by atomic mass is 10.1. The van der Waals surface area contributed by atoms with Crippen LogP contribution in [0, 0.1) is 0 Å². The van der Waals surface area contributed by atoms with Gasteiger partial charge in [0.1, 0.15) is 16.5 Å². The molecule has 3 aromatic heterocycles. The Kier molecular flexibility index (Phi) is 6.56. The Morgan fingerprint density at radius 1 is 1.25 bits per heavy atom. The van der Waals surface area contributed by atoms with E-state index in [1.807, 2.05) is 24.3 Å². The van der Waals surface area contributed by atoms with E-state index in [0.717, 1.165) is 5.56 Å². The van der Waals surface area contributed by atoms with Crippen LogP contribution in [0.1, 0.15) is 11.3 Å². The summed E-state index contributed by atoms with van der Waals surface area (Å²) in [5.74, 6) is 1.27. The van der Waals surface area contributed by atoms with E-state index in [9.17, 15) is 4.57 Å². The van der Waals surface area contributed by atoms with Gasteiger partial charge in [0.25, 0.3) is 11.0 Å². The standard InChI is InChI=1S/C19H16ClN4O6PS/c20-17-10-32-19(22-17)29-14-5-3-12(4-6-14)8-13-9-16(30-23-13)15-2-1-7-24(18(15)21)11-28-31(25,26)27/h1-7,9-10,21H,8,11H2,(H2,25,26,27)/p+1. The van der Waals surface area contributed by atoms with Gasteiger partial charge < -0.3 is 19.0 Å². The molecular formula is C19H17ClN4O6PS+. The second kappa shape index (κ2) is 9.37. The molecule has 0 fully saturated rings. The molecule has 0 saturated heterocycles. The zero-order valence-electron chi connectivity index (χ0n) is 16.3. The van der Waals surface area contributed by atoms with Crippen LogP contribution in [-0.4, -0.2) is 19.9 Å². The van der Waals surface area contributed by atoms with Gasteiger partial charge in [0.05, 0.1) is 11.9 Å². The molecule has 0 aliphatic rings. The number of phosphoric ester groups is 1. The lowest BCUT2D eigenvalue weighted by molar-refractivity contribution is -0.711. The van der Waals surface area contributed by atoms with Crippen molar-refractivity contribution in [3.8, 4) is 22.3 Å². The SMILES string of the molecule is Nc1c(-c2cc(Cc3ccc(Oc4nc(Cl)cs4)cc3)no2)ccc[n+]1COP(=O)(O)O. The molecule has 0 amide bonds. The smallest absolute Gasteiger partial charge is 0.431 e. The zero-order chi connectivity index (χ0) is 22.7. The topological polar surface area (TPSA) is 145 Å². The summed E-state index contributed by atoms with van der Waals surface area (Å²) < 4.78 is 27.9. The molecular weight excluding hydrogens is 479 g/mol. The summed E-state index contributed by atoms with van der Waals surface area (Å²) in [6.07, 6.45) is 2.05. The maximum Gasteiger partial charge on any atom is 0.472 e. The van der Waals surface area contributed by atoms with E-state index in [4.69, 9.17) is 36.4 Å². The highest BCUT2D eigenvalue weighted by atomic mass is 35.5. The van der Waals surface area contributed by atoms with E-state index in [0.29, 0.717) is 39.5 Å². The van der Waals surface area contributed by atoms with Gasteiger partial charge in [0.15, 0.2) is 5.76 Å². The van der Waals surface area contributed by atoms with Crippen molar-refractivity contribution in [3.05, 3.63) is 70.5 Å². The van der Waals surface area contributed by atoms with E-state index in [2.05, 4.69) is 14.7 Å². The number of halogens is 1. The zero-order valence-corrected chi connectivity index (χ0v) is 18.8. The van der Waals surface area contributed by atoms with Crippen molar-refractivity contribution in [3.63, 3.8) is 0 Å². The van der Waals surface area contributed by atoms with Crippen molar-refractivity contribution in [2.45, 2.75) is 13.2 Å². The Hall–Kier alpha value is -2.79. The number of nitrogens with two attached hydrogens (primary N) is 1. The van der Waals surface area contributed by atoms with Crippen LogP contribution in [0.4, 0.5) is 5.82 Å². The van der Waals surface area contributed by atoms with Crippen molar-refractivity contribution in [2.24, 2.45) is 0 Å². The Labute approximate surface area is 191 Å². The lowest BCUT2D eigenvalue weighted by Crippen LogP contribution is -2.38.